The fraction of sp³-hybridized carbons (Fsp3) is 0.250. The van der Waals surface area contributed by atoms with Gasteiger partial charge in [0.2, 0.25) is 0 Å². The molecule has 0 bridgehead atoms. The molecule has 0 aromatic heterocycles. The van der Waals surface area contributed by atoms with Crippen molar-refractivity contribution in [2.45, 2.75) is 19.6 Å². The molecule has 0 saturated heterocycles. The van der Waals surface area contributed by atoms with E-state index in [9.17, 15) is 9.50 Å². The van der Waals surface area contributed by atoms with E-state index in [0.717, 1.165) is 5.56 Å². The van der Waals surface area contributed by atoms with Crippen molar-refractivity contribution in [3.8, 4) is 0 Å². The summed E-state index contributed by atoms with van der Waals surface area (Å²) >= 11 is 0. The van der Waals surface area contributed by atoms with Gasteiger partial charge in [0, 0.05) is 13.6 Å². The zero-order valence-corrected chi connectivity index (χ0v) is 11.2. The van der Waals surface area contributed by atoms with Crippen molar-refractivity contribution in [2.24, 2.45) is 0 Å². The van der Waals surface area contributed by atoms with E-state index in [-0.39, 0.29) is 5.82 Å². The van der Waals surface area contributed by atoms with Crippen molar-refractivity contribution in [3.63, 3.8) is 0 Å². The van der Waals surface area contributed by atoms with Crippen LogP contribution < -0.4 is 4.90 Å². The maximum atomic E-state index is 14.0. The first-order chi connectivity index (χ1) is 9.08. The topological polar surface area (TPSA) is 23.5 Å². The number of benzene rings is 2. The summed E-state index contributed by atoms with van der Waals surface area (Å²) < 4.78 is 14.0. The second-order valence-electron chi connectivity index (χ2n) is 4.73. The van der Waals surface area contributed by atoms with Crippen molar-refractivity contribution in [1.82, 2.24) is 0 Å². The molecule has 19 heavy (non-hydrogen) atoms. The third-order valence-corrected chi connectivity index (χ3v) is 3.13. The Kier molecular flexibility index (Phi) is 4.17. The van der Waals surface area contributed by atoms with Crippen LogP contribution in [0, 0.1) is 5.82 Å². The first kappa shape index (κ1) is 13.6. The number of halogens is 1. The first-order valence-electron chi connectivity index (χ1n) is 6.30. The van der Waals surface area contributed by atoms with Crippen LogP contribution in [0.15, 0.2) is 48.5 Å². The number of hydrogen-bond acceptors (Lipinski definition) is 2. The highest BCUT2D eigenvalue weighted by molar-refractivity contribution is 5.49. The van der Waals surface area contributed by atoms with Gasteiger partial charge in [-0.1, -0.05) is 36.4 Å². The average Bonchev–Trinajstić information content (AvgIpc) is 2.39. The molecule has 0 amide bonds. The van der Waals surface area contributed by atoms with E-state index in [1.165, 1.54) is 6.07 Å². The Labute approximate surface area is 113 Å². The molecule has 1 atom stereocenters. The Morgan fingerprint density at radius 3 is 2.42 bits per heavy atom. The SMILES string of the molecule is C[C@@H](O)c1ccc(N(C)Cc2ccccc2)c(F)c1. The van der Waals surface area contributed by atoms with Crippen molar-refractivity contribution >= 4 is 5.69 Å². The summed E-state index contributed by atoms with van der Waals surface area (Å²) in [7, 11) is 1.85. The zero-order chi connectivity index (χ0) is 13.8. The molecule has 0 aliphatic rings. The molecule has 0 unspecified atom stereocenters. The van der Waals surface area contributed by atoms with Crippen molar-refractivity contribution < 1.29 is 9.50 Å². The first-order valence-corrected chi connectivity index (χ1v) is 6.30. The predicted molar refractivity (Wildman–Crippen MR) is 75.6 cm³/mol. The predicted octanol–water partition coefficient (Wildman–Crippen LogP) is 3.52. The van der Waals surface area contributed by atoms with E-state index in [2.05, 4.69) is 0 Å². The molecule has 1 N–H and O–H groups in total. The van der Waals surface area contributed by atoms with E-state index >= 15 is 0 Å². The quantitative estimate of drug-likeness (QED) is 0.908. The summed E-state index contributed by atoms with van der Waals surface area (Å²) in [4.78, 5) is 1.86. The van der Waals surface area contributed by atoms with Crippen LogP contribution >= 0.6 is 0 Å². The fourth-order valence-corrected chi connectivity index (χ4v) is 2.04. The number of aliphatic hydroxyl groups is 1. The molecule has 0 saturated carbocycles. The summed E-state index contributed by atoms with van der Waals surface area (Å²) in [6, 6.07) is 14.8. The number of rotatable bonds is 4. The highest BCUT2D eigenvalue weighted by atomic mass is 19.1. The van der Waals surface area contributed by atoms with E-state index in [1.807, 2.05) is 42.3 Å². The minimum Gasteiger partial charge on any atom is -0.389 e. The molecule has 0 heterocycles. The number of hydrogen-bond donors (Lipinski definition) is 1. The summed E-state index contributed by atoms with van der Waals surface area (Å²) in [5.41, 5.74) is 2.26. The van der Waals surface area contributed by atoms with Gasteiger partial charge in [0.25, 0.3) is 0 Å². The lowest BCUT2D eigenvalue weighted by molar-refractivity contribution is 0.199. The van der Waals surface area contributed by atoms with Gasteiger partial charge in [-0.25, -0.2) is 4.39 Å². The van der Waals surface area contributed by atoms with Crippen molar-refractivity contribution in [2.75, 3.05) is 11.9 Å². The number of nitrogens with zero attached hydrogens (tertiary/aromatic N) is 1. The van der Waals surface area contributed by atoms with Gasteiger partial charge in [-0.15, -0.1) is 0 Å². The second kappa shape index (κ2) is 5.85. The zero-order valence-electron chi connectivity index (χ0n) is 11.2. The lowest BCUT2D eigenvalue weighted by Crippen LogP contribution is -2.17. The normalized spacial score (nSPS) is 12.2. The molecule has 0 aliphatic heterocycles. The largest absolute Gasteiger partial charge is 0.389 e. The second-order valence-corrected chi connectivity index (χ2v) is 4.73. The van der Waals surface area contributed by atoms with Gasteiger partial charge in [0.15, 0.2) is 0 Å². The summed E-state index contributed by atoms with van der Waals surface area (Å²) in [5, 5.41) is 9.43. The molecule has 2 aromatic rings. The molecule has 0 aliphatic carbocycles. The molecule has 0 fully saturated rings. The number of aliphatic hydroxyl groups excluding tert-OH is 1. The maximum Gasteiger partial charge on any atom is 0.146 e. The van der Waals surface area contributed by atoms with Crippen LogP contribution in [0.4, 0.5) is 10.1 Å². The molecule has 2 nitrogen and oxygen atoms in total. The third-order valence-electron chi connectivity index (χ3n) is 3.13. The third kappa shape index (κ3) is 3.32. The van der Waals surface area contributed by atoms with Gasteiger partial charge in [0.05, 0.1) is 11.8 Å². The van der Waals surface area contributed by atoms with Crippen LogP contribution in [0.25, 0.3) is 0 Å². The van der Waals surface area contributed by atoms with Gasteiger partial charge in [-0.05, 0) is 30.2 Å². The molecule has 3 heteroatoms. The van der Waals surface area contributed by atoms with E-state index in [0.29, 0.717) is 17.8 Å². The minimum absolute atomic E-state index is 0.308. The molecular formula is C16H18FNO. The number of anilines is 1. The van der Waals surface area contributed by atoms with Crippen LogP contribution in [-0.4, -0.2) is 12.2 Å². The molecule has 2 rings (SSSR count). The summed E-state index contributed by atoms with van der Waals surface area (Å²) in [5.74, 6) is -0.308. The van der Waals surface area contributed by atoms with Crippen LogP contribution in [0.3, 0.4) is 0 Å². The Morgan fingerprint density at radius 1 is 1.16 bits per heavy atom. The van der Waals surface area contributed by atoms with Gasteiger partial charge >= 0.3 is 0 Å². The smallest absolute Gasteiger partial charge is 0.146 e. The van der Waals surface area contributed by atoms with Crippen LogP contribution in [-0.2, 0) is 6.54 Å². The molecule has 0 radical (unpaired) electrons. The molecular weight excluding hydrogens is 241 g/mol. The highest BCUT2D eigenvalue weighted by Crippen LogP contribution is 2.23. The van der Waals surface area contributed by atoms with Gasteiger partial charge < -0.3 is 10.0 Å². The fourth-order valence-electron chi connectivity index (χ4n) is 2.04. The van der Waals surface area contributed by atoms with Gasteiger partial charge in [-0.2, -0.15) is 0 Å². The highest BCUT2D eigenvalue weighted by Gasteiger charge is 2.10. The summed E-state index contributed by atoms with van der Waals surface area (Å²) in [6.45, 7) is 2.27. The minimum atomic E-state index is -0.650. The Balaban J connectivity index is 2.17. The van der Waals surface area contributed by atoms with E-state index in [4.69, 9.17) is 0 Å². The average molecular weight is 259 g/mol. The Morgan fingerprint density at radius 2 is 1.84 bits per heavy atom. The van der Waals surface area contributed by atoms with Crippen LogP contribution in [0.1, 0.15) is 24.2 Å². The lowest BCUT2D eigenvalue weighted by Gasteiger charge is -2.21. The molecule has 2 aromatic carbocycles. The van der Waals surface area contributed by atoms with Crippen LogP contribution in [0.2, 0.25) is 0 Å². The Bertz CT molecular complexity index is 540. The van der Waals surface area contributed by atoms with Crippen molar-refractivity contribution in [1.29, 1.82) is 0 Å². The van der Waals surface area contributed by atoms with Crippen molar-refractivity contribution in [3.05, 3.63) is 65.5 Å². The standard InChI is InChI=1S/C16H18FNO/c1-12(19)14-8-9-16(15(17)10-14)18(2)11-13-6-4-3-5-7-13/h3-10,12,19H,11H2,1-2H3/t12-/m1/s1. The lowest BCUT2D eigenvalue weighted by atomic mass is 10.1. The van der Waals surface area contributed by atoms with Gasteiger partial charge in [-0.3, -0.25) is 0 Å². The Hall–Kier alpha value is -1.87. The molecule has 0 spiro atoms. The molecule has 100 valence electrons. The summed E-state index contributed by atoms with van der Waals surface area (Å²) in [6.07, 6.45) is -0.650. The van der Waals surface area contributed by atoms with E-state index in [1.54, 1.807) is 19.1 Å². The van der Waals surface area contributed by atoms with Crippen LogP contribution in [0.5, 0.6) is 0 Å². The monoisotopic (exact) mass is 259 g/mol. The maximum absolute atomic E-state index is 14.0. The van der Waals surface area contributed by atoms with Gasteiger partial charge in [0.1, 0.15) is 5.82 Å². The van der Waals surface area contributed by atoms with E-state index < -0.39 is 6.10 Å².